The van der Waals surface area contributed by atoms with E-state index in [1.807, 2.05) is 30.3 Å². The number of ether oxygens (including phenoxy) is 1. The van der Waals surface area contributed by atoms with Crippen molar-refractivity contribution in [3.05, 3.63) is 71.8 Å². The van der Waals surface area contributed by atoms with Crippen LogP contribution in [-0.2, 0) is 5.60 Å². The summed E-state index contributed by atoms with van der Waals surface area (Å²) in [5.41, 5.74) is -0.380. The Kier molecular flexibility index (Phi) is 2.84. The lowest BCUT2D eigenvalue weighted by molar-refractivity contribution is -0.0728. The topological polar surface area (TPSA) is 29.5 Å². The first-order chi connectivity index (χ1) is 9.20. The summed E-state index contributed by atoms with van der Waals surface area (Å²) in [6.07, 6.45) is 1.35. The van der Waals surface area contributed by atoms with Crippen LogP contribution < -0.4 is 4.74 Å². The molecule has 2 aromatic carbocycles. The molecule has 0 saturated carbocycles. The van der Waals surface area contributed by atoms with Gasteiger partial charge in [-0.1, -0.05) is 54.6 Å². The first-order valence-corrected chi connectivity index (χ1v) is 6.07. The smallest absolute Gasteiger partial charge is 0.274 e. The average molecular weight is 256 g/mol. The summed E-state index contributed by atoms with van der Waals surface area (Å²) in [6.45, 7) is 0. The van der Waals surface area contributed by atoms with Gasteiger partial charge >= 0.3 is 0 Å². The van der Waals surface area contributed by atoms with Crippen LogP contribution in [0.2, 0.25) is 0 Å². The summed E-state index contributed by atoms with van der Waals surface area (Å²) >= 11 is 0. The van der Waals surface area contributed by atoms with E-state index in [0.29, 0.717) is 11.3 Å². The highest BCUT2D eigenvalue weighted by Gasteiger charge is 2.46. The molecular formula is C16H13FO2. The molecule has 19 heavy (non-hydrogen) atoms. The van der Waals surface area contributed by atoms with E-state index in [2.05, 4.69) is 0 Å². The number of hydrogen-bond acceptors (Lipinski definition) is 2. The molecule has 0 spiro atoms. The van der Waals surface area contributed by atoms with Crippen LogP contribution in [-0.4, -0.2) is 11.5 Å². The molecule has 1 aliphatic rings. The van der Waals surface area contributed by atoms with Gasteiger partial charge in [0.05, 0.1) is 0 Å². The van der Waals surface area contributed by atoms with E-state index >= 15 is 0 Å². The quantitative estimate of drug-likeness (QED) is 0.893. The van der Waals surface area contributed by atoms with Crippen molar-refractivity contribution in [2.24, 2.45) is 0 Å². The van der Waals surface area contributed by atoms with E-state index in [9.17, 15) is 9.50 Å². The van der Waals surface area contributed by atoms with Crippen molar-refractivity contribution in [2.75, 3.05) is 0 Å². The van der Waals surface area contributed by atoms with E-state index < -0.39 is 12.0 Å². The zero-order chi connectivity index (χ0) is 13.3. The molecule has 1 heterocycles. The first-order valence-electron chi connectivity index (χ1n) is 6.07. The van der Waals surface area contributed by atoms with Crippen molar-refractivity contribution in [3.8, 4) is 5.75 Å². The minimum absolute atomic E-state index is 0.384. The number of fused-ring (bicyclic) bond motifs is 1. The van der Waals surface area contributed by atoms with Crippen molar-refractivity contribution < 1.29 is 14.2 Å². The third-order valence-corrected chi connectivity index (χ3v) is 3.22. The molecule has 96 valence electrons. The second kappa shape index (κ2) is 4.52. The molecule has 0 fully saturated rings. The van der Waals surface area contributed by atoms with E-state index in [1.165, 1.54) is 6.08 Å². The normalized spacial score (nSPS) is 25.3. The minimum atomic E-state index is -1.79. The lowest BCUT2D eigenvalue weighted by atomic mass is 9.94. The summed E-state index contributed by atoms with van der Waals surface area (Å²) in [4.78, 5) is 0. The molecule has 2 unspecified atom stereocenters. The summed E-state index contributed by atoms with van der Waals surface area (Å²) in [5.74, 6) is 0.384. The van der Waals surface area contributed by atoms with E-state index in [0.717, 1.165) is 5.56 Å². The Labute approximate surface area is 110 Å². The Morgan fingerprint density at radius 3 is 2.53 bits per heavy atom. The molecule has 0 saturated heterocycles. The van der Waals surface area contributed by atoms with Gasteiger partial charge in [0.1, 0.15) is 5.75 Å². The zero-order valence-corrected chi connectivity index (χ0v) is 10.2. The monoisotopic (exact) mass is 256 g/mol. The maximum Gasteiger partial charge on any atom is 0.274 e. The third-order valence-electron chi connectivity index (χ3n) is 3.22. The predicted octanol–water partition coefficient (Wildman–Crippen LogP) is 3.28. The number of hydrogen-bond donors (Lipinski definition) is 1. The number of rotatable bonds is 2. The second-order valence-electron chi connectivity index (χ2n) is 4.50. The van der Waals surface area contributed by atoms with Gasteiger partial charge in [0.2, 0.25) is 0 Å². The van der Waals surface area contributed by atoms with Crippen LogP contribution in [0.1, 0.15) is 11.1 Å². The van der Waals surface area contributed by atoms with E-state index in [1.54, 1.807) is 30.3 Å². The molecule has 0 radical (unpaired) electrons. The van der Waals surface area contributed by atoms with Gasteiger partial charge < -0.3 is 9.84 Å². The van der Waals surface area contributed by atoms with Gasteiger partial charge in [0.25, 0.3) is 6.36 Å². The molecule has 1 aliphatic heterocycles. The molecule has 1 N–H and O–H groups in total. The second-order valence-corrected chi connectivity index (χ2v) is 4.50. The molecule has 3 heteroatoms. The van der Waals surface area contributed by atoms with Crippen molar-refractivity contribution in [1.29, 1.82) is 0 Å². The van der Waals surface area contributed by atoms with Gasteiger partial charge in [0.15, 0.2) is 5.60 Å². The Morgan fingerprint density at radius 1 is 1.05 bits per heavy atom. The SMILES string of the molecule is OC1(C=Cc2ccccc2)c2ccccc2OC1F. The molecule has 0 aliphatic carbocycles. The molecule has 0 aromatic heterocycles. The molecule has 2 nitrogen and oxygen atoms in total. The fourth-order valence-electron chi connectivity index (χ4n) is 2.18. The fourth-order valence-corrected chi connectivity index (χ4v) is 2.18. The highest BCUT2D eigenvalue weighted by Crippen LogP contribution is 2.43. The fraction of sp³-hybridized carbons (Fsp3) is 0.125. The van der Waals surface area contributed by atoms with Gasteiger partial charge in [-0.05, 0) is 17.7 Å². The summed E-state index contributed by atoms with van der Waals surface area (Å²) < 4.78 is 19.0. The van der Waals surface area contributed by atoms with Gasteiger partial charge in [-0.3, -0.25) is 0 Å². The number of aliphatic hydroxyl groups is 1. The van der Waals surface area contributed by atoms with Crippen molar-refractivity contribution in [3.63, 3.8) is 0 Å². The van der Waals surface area contributed by atoms with E-state index in [4.69, 9.17) is 4.74 Å². The Morgan fingerprint density at radius 2 is 1.74 bits per heavy atom. The molecule has 3 rings (SSSR count). The van der Waals surface area contributed by atoms with Gasteiger partial charge in [-0.2, -0.15) is 4.39 Å². The van der Waals surface area contributed by atoms with Crippen LogP contribution in [0.25, 0.3) is 6.08 Å². The third kappa shape index (κ3) is 2.02. The lowest BCUT2D eigenvalue weighted by Gasteiger charge is -2.19. The lowest BCUT2D eigenvalue weighted by Crippen LogP contribution is -2.32. The maximum atomic E-state index is 13.9. The van der Waals surface area contributed by atoms with Crippen molar-refractivity contribution in [1.82, 2.24) is 0 Å². The zero-order valence-electron chi connectivity index (χ0n) is 10.2. The number of alkyl halides is 1. The van der Waals surface area contributed by atoms with Crippen molar-refractivity contribution >= 4 is 6.08 Å². The highest BCUT2D eigenvalue weighted by molar-refractivity contribution is 5.54. The number of halogens is 1. The predicted molar refractivity (Wildman–Crippen MR) is 71.3 cm³/mol. The maximum absolute atomic E-state index is 13.9. The van der Waals surface area contributed by atoms with Gasteiger partial charge in [0, 0.05) is 5.56 Å². The molecular weight excluding hydrogens is 243 g/mol. The van der Waals surface area contributed by atoms with Crippen molar-refractivity contribution in [2.45, 2.75) is 12.0 Å². The summed E-state index contributed by atoms with van der Waals surface area (Å²) in [7, 11) is 0. The van der Waals surface area contributed by atoms with Crippen LogP contribution in [0, 0.1) is 0 Å². The minimum Gasteiger partial charge on any atom is -0.456 e. The molecule has 0 bridgehead atoms. The Bertz CT molecular complexity index is 609. The Balaban J connectivity index is 1.97. The molecule has 0 amide bonds. The van der Waals surface area contributed by atoms with Crippen LogP contribution in [0.15, 0.2) is 60.7 Å². The highest BCUT2D eigenvalue weighted by atomic mass is 19.1. The molecule has 2 aromatic rings. The molecule has 2 atom stereocenters. The van der Waals surface area contributed by atoms with Gasteiger partial charge in [-0.25, -0.2) is 0 Å². The number of benzene rings is 2. The van der Waals surface area contributed by atoms with Crippen LogP contribution in [0.5, 0.6) is 5.75 Å². The largest absolute Gasteiger partial charge is 0.456 e. The summed E-state index contributed by atoms with van der Waals surface area (Å²) in [6, 6.07) is 16.3. The van der Waals surface area contributed by atoms with Crippen LogP contribution in [0.4, 0.5) is 4.39 Å². The number of para-hydroxylation sites is 1. The van der Waals surface area contributed by atoms with Crippen LogP contribution >= 0.6 is 0 Å². The van der Waals surface area contributed by atoms with Crippen LogP contribution in [0.3, 0.4) is 0 Å². The standard InChI is InChI=1S/C16H13FO2/c17-15-16(18,11-10-12-6-2-1-3-7-12)13-8-4-5-9-14(13)19-15/h1-11,15,18H. The van der Waals surface area contributed by atoms with Gasteiger partial charge in [-0.15, -0.1) is 0 Å². The Hall–Kier alpha value is -2.13. The first kappa shape index (κ1) is 11.9. The van der Waals surface area contributed by atoms with E-state index in [-0.39, 0.29) is 0 Å². The average Bonchev–Trinajstić information content (AvgIpc) is 2.71. The summed E-state index contributed by atoms with van der Waals surface area (Å²) in [5, 5.41) is 10.5.